The van der Waals surface area contributed by atoms with Crippen molar-refractivity contribution in [2.24, 2.45) is 5.73 Å². The summed E-state index contributed by atoms with van der Waals surface area (Å²) in [6.45, 7) is 1.99. The Morgan fingerprint density at radius 2 is 1.82 bits per heavy atom. The van der Waals surface area contributed by atoms with Crippen LogP contribution in [0, 0.1) is 0 Å². The van der Waals surface area contributed by atoms with Crippen molar-refractivity contribution in [2.75, 3.05) is 7.11 Å². The predicted molar refractivity (Wildman–Crippen MR) is 71.0 cm³/mol. The Morgan fingerprint density at radius 1 is 1.06 bits per heavy atom. The Kier molecular flexibility index (Phi) is 3.45. The second-order valence-electron chi connectivity index (χ2n) is 4.11. The molecule has 0 amide bonds. The molecule has 0 fully saturated rings. The number of nitrogens with two attached hydrogens (primary N) is 1. The molecule has 2 aromatic carbocycles. The fourth-order valence-electron chi connectivity index (χ4n) is 1.87. The van der Waals surface area contributed by atoms with Crippen LogP contribution in [-0.4, -0.2) is 7.11 Å². The van der Waals surface area contributed by atoms with Gasteiger partial charge in [-0.3, -0.25) is 0 Å². The molecule has 2 aromatic rings. The maximum Gasteiger partial charge on any atom is 0.126 e. The fraction of sp³-hybridized carbons (Fsp3) is 0.200. The summed E-state index contributed by atoms with van der Waals surface area (Å²) in [5, 5.41) is 0. The molecule has 17 heavy (non-hydrogen) atoms. The Morgan fingerprint density at radius 3 is 2.53 bits per heavy atom. The molecule has 88 valence electrons. The van der Waals surface area contributed by atoms with Gasteiger partial charge >= 0.3 is 0 Å². The van der Waals surface area contributed by atoms with E-state index in [0.29, 0.717) is 0 Å². The van der Waals surface area contributed by atoms with E-state index in [2.05, 4.69) is 18.2 Å². The highest BCUT2D eigenvalue weighted by Gasteiger charge is 2.06. The first-order valence-corrected chi connectivity index (χ1v) is 5.71. The highest BCUT2D eigenvalue weighted by Crippen LogP contribution is 2.30. The van der Waals surface area contributed by atoms with Crippen LogP contribution in [0.15, 0.2) is 48.5 Å². The van der Waals surface area contributed by atoms with E-state index < -0.39 is 0 Å². The summed E-state index contributed by atoms with van der Waals surface area (Å²) in [6, 6.07) is 16.3. The van der Waals surface area contributed by atoms with Gasteiger partial charge in [0.25, 0.3) is 0 Å². The molecule has 0 bridgehead atoms. The zero-order chi connectivity index (χ0) is 12.3. The van der Waals surface area contributed by atoms with Crippen molar-refractivity contribution >= 4 is 0 Å². The van der Waals surface area contributed by atoms with Crippen molar-refractivity contribution in [3.63, 3.8) is 0 Å². The third-order valence-electron chi connectivity index (χ3n) is 2.83. The third-order valence-corrected chi connectivity index (χ3v) is 2.83. The van der Waals surface area contributed by atoms with Crippen molar-refractivity contribution in [1.82, 2.24) is 0 Å². The molecule has 1 atom stereocenters. The van der Waals surface area contributed by atoms with Crippen LogP contribution < -0.4 is 10.5 Å². The minimum atomic E-state index is 0.0460. The summed E-state index contributed by atoms with van der Waals surface area (Å²) in [6.07, 6.45) is 0. The van der Waals surface area contributed by atoms with Gasteiger partial charge in [0.05, 0.1) is 7.11 Å². The smallest absolute Gasteiger partial charge is 0.126 e. The molecule has 0 aliphatic carbocycles. The van der Waals surface area contributed by atoms with E-state index >= 15 is 0 Å². The van der Waals surface area contributed by atoms with Gasteiger partial charge in [0.15, 0.2) is 0 Å². The Bertz CT molecular complexity index is 506. The molecule has 0 saturated carbocycles. The second-order valence-corrected chi connectivity index (χ2v) is 4.11. The standard InChI is InChI=1S/C15H17NO/c1-11(16)12-6-5-7-13(10-12)14-8-3-4-9-15(14)17-2/h3-11H,16H2,1-2H3/t11-/m0/s1. The van der Waals surface area contributed by atoms with E-state index in [1.807, 2.05) is 37.3 Å². The average Bonchev–Trinajstić information content (AvgIpc) is 2.39. The Hall–Kier alpha value is -1.80. The highest BCUT2D eigenvalue weighted by atomic mass is 16.5. The van der Waals surface area contributed by atoms with Gasteiger partial charge in [0, 0.05) is 11.6 Å². The number of rotatable bonds is 3. The monoisotopic (exact) mass is 227 g/mol. The maximum atomic E-state index is 5.90. The highest BCUT2D eigenvalue weighted by molar-refractivity contribution is 5.70. The molecule has 2 heteroatoms. The van der Waals surface area contributed by atoms with Gasteiger partial charge in [-0.2, -0.15) is 0 Å². The molecule has 0 aliphatic rings. The van der Waals surface area contributed by atoms with Gasteiger partial charge in [0.1, 0.15) is 5.75 Å². The molecule has 0 aliphatic heterocycles. The minimum absolute atomic E-state index is 0.0460. The topological polar surface area (TPSA) is 35.2 Å². The Labute approximate surface area is 102 Å². The van der Waals surface area contributed by atoms with Crippen LogP contribution >= 0.6 is 0 Å². The molecular weight excluding hydrogens is 210 g/mol. The molecule has 0 heterocycles. The quantitative estimate of drug-likeness (QED) is 0.872. The summed E-state index contributed by atoms with van der Waals surface area (Å²) < 4.78 is 5.37. The number of methoxy groups -OCH3 is 1. The Balaban J connectivity index is 2.49. The van der Waals surface area contributed by atoms with Gasteiger partial charge in [0.2, 0.25) is 0 Å². The first-order valence-electron chi connectivity index (χ1n) is 5.71. The molecule has 0 aromatic heterocycles. The first kappa shape index (κ1) is 11.7. The summed E-state index contributed by atoms with van der Waals surface area (Å²) in [4.78, 5) is 0. The van der Waals surface area contributed by atoms with Crippen LogP contribution in [0.4, 0.5) is 0 Å². The predicted octanol–water partition coefficient (Wildman–Crippen LogP) is 3.38. The largest absolute Gasteiger partial charge is 0.496 e. The van der Waals surface area contributed by atoms with Gasteiger partial charge < -0.3 is 10.5 Å². The van der Waals surface area contributed by atoms with Crippen molar-refractivity contribution in [3.05, 3.63) is 54.1 Å². The third kappa shape index (κ3) is 2.48. The van der Waals surface area contributed by atoms with E-state index in [1.54, 1.807) is 7.11 Å². The fourth-order valence-corrected chi connectivity index (χ4v) is 1.87. The molecule has 0 saturated heterocycles. The van der Waals surface area contributed by atoms with Crippen LogP contribution in [-0.2, 0) is 0 Å². The van der Waals surface area contributed by atoms with Crippen LogP contribution in [0.2, 0.25) is 0 Å². The van der Waals surface area contributed by atoms with Crippen LogP contribution in [0.3, 0.4) is 0 Å². The van der Waals surface area contributed by atoms with E-state index in [4.69, 9.17) is 10.5 Å². The average molecular weight is 227 g/mol. The first-order chi connectivity index (χ1) is 8.22. The molecule has 2 N–H and O–H groups in total. The number of hydrogen-bond donors (Lipinski definition) is 1. The van der Waals surface area contributed by atoms with Gasteiger partial charge in [-0.25, -0.2) is 0 Å². The lowest BCUT2D eigenvalue weighted by Crippen LogP contribution is -2.04. The van der Waals surface area contributed by atoms with Crippen molar-refractivity contribution in [1.29, 1.82) is 0 Å². The number of para-hydroxylation sites is 1. The van der Waals surface area contributed by atoms with Crippen molar-refractivity contribution in [3.8, 4) is 16.9 Å². The zero-order valence-corrected chi connectivity index (χ0v) is 10.2. The SMILES string of the molecule is COc1ccccc1-c1cccc([C@H](C)N)c1. The lowest BCUT2D eigenvalue weighted by molar-refractivity contribution is 0.416. The number of benzene rings is 2. The van der Waals surface area contributed by atoms with Gasteiger partial charge in [-0.05, 0) is 30.2 Å². The molecule has 0 spiro atoms. The van der Waals surface area contributed by atoms with Crippen LogP contribution in [0.1, 0.15) is 18.5 Å². The van der Waals surface area contributed by atoms with E-state index in [9.17, 15) is 0 Å². The second kappa shape index (κ2) is 5.02. The molecule has 0 radical (unpaired) electrons. The molecule has 0 unspecified atom stereocenters. The number of ether oxygens (including phenoxy) is 1. The van der Waals surface area contributed by atoms with E-state index in [0.717, 1.165) is 22.4 Å². The summed E-state index contributed by atoms with van der Waals surface area (Å²) in [5.41, 5.74) is 9.26. The summed E-state index contributed by atoms with van der Waals surface area (Å²) >= 11 is 0. The minimum Gasteiger partial charge on any atom is -0.496 e. The molecule has 2 rings (SSSR count). The van der Waals surface area contributed by atoms with Crippen LogP contribution in [0.5, 0.6) is 5.75 Å². The van der Waals surface area contributed by atoms with Crippen LogP contribution in [0.25, 0.3) is 11.1 Å². The van der Waals surface area contributed by atoms with Crippen molar-refractivity contribution in [2.45, 2.75) is 13.0 Å². The van der Waals surface area contributed by atoms with E-state index in [-0.39, 0.29) is 6.04 Å². The van der Waals surface area contributed by atoms with E-state index in [1.165, 1.54) is 0 Å². The number of hydrogen-bond acceptors (Lipinski definition) is 2. The summed E-state index contributed by atoms with van der Waals surface area (Å²) in [5.74, 6) is 0.884. The lowest BCUT2D eigenvalue weighted by atomic mass is 10.00. The normalized spacial score (nSPS) is 12.2. The molecule has 2 nitrogen and oxygen atoms in total. The van der Waals surface area contributed by atoms with Gasteiger partial charge in [-0.1, -0.05) is 36.4 Å². The zero-order valence-electron chi connectivity index (χ0n) is 10.2. The molecular formula is C15H17NO. The van der Waals surface area contributed by atoms with Crippen molar-refractivity contribution < 1.29 is 4.74 Å². The maximum absolute atomic E-state index is 5.90. The lowest BCUT2D eigenvalue weighted by Gasteiger charge is -2.11. The summed E-state index contributed by atoms with van der Waals surface area (Å²) in [7, 11) is 1.69. The van der Waals surface area contributed by atoms with Gasteiger partial charge in [-0.15, -0.1) is 0 Å².